The van der Waals surface area contributed by atoms with Crippen molar-refractivity contribution in [3.8, 4) is 20.9 Å². The second-order valence-corrected chi connectivity index (χ2v) is 8.03. The summed E-state index contributed by atoms with van der Waals surface area (Å²) in [6.07, 6.45) is 0. The van der Waals surface area contributed by atoms with E-state index in [9.17, 15) is 0 Å². The third-order valence-electron chi connectivity index (χ3n) is 3.68. The van der Waals surface area contributed by atoms with Gasteiger partial charge >= 0.3 is 130 Å². The molecule has 0 unspecified atom stereocenters. The molecule has 0 spiro atoms. The molecule has 0 saturated carbocycles. The van der Waals surface area contributed by atoms with Crippen LogP contribution in [0.1, 0.15) is 11.1 Å². The number of rotatable bonds is 2. The van der Waals surface area contributed by atoms with Crippen molar-refractivity contribution in [3.63, 3.8) is 0 Å². The average Bonchev–Trinajstić information content (AvgIpc) is 3.11. The van der Waals surface area contributed by atoms with Gasteiger partial charge in [0.1, 0.15) is 0 Å². The van der Waals surface area contributed by atoms with Crippen LogP contribution in [-0.2, 0) is 10.6 Å². The fourth-order valence-electron chi connectivity index (χ4n) is 2.71. The van der Waals surface area contributed by atoms with E-state index in [4.69, 9.17) is 0 Å². The third-order valence-corrected chi connectivity index (χ3v) is 7.12. The van der Waals surface area contributed by atoms with Crippen LogP contribution < -0.4 is 0 Å². The second-order valence-electron chi connectivity index (χ2n) is 4.94. The van der Waals surface area contributed by atoms with Gasteiger partial charge in [-0.15, -0.1) is 0 Å². The second kappa shape index (κ2) is 5.21. The Bertz CT molecular complexity index is 667. The molecule has 2 heteroatoms. The molecule has 0 aliphatic carbocycles. The monoisotopic (exact) mass is 342 g/mol. The maximum absolute atomic E-state index is 2.24. The summed E-state index contributed by atoms with van der Waals surface area (Å²) in [6, 6.07) is 21.7. The molecule has 3 aromatic rings. The number of hydrogen-bond donors (Lipinski definition) is 0. The van der Waals surface area contributed by atoms with Gasteiger partial charge in [-0.1, -0.05) is 0 Å². The van der Waals surface area contributed by atoms with Gasteiger partial charge in [0.15, 0.2) is 0 Å². The first-order valence-corrected chi connectivity index (χ1v) is 10.0. The van der Waals surface area contributed by atoms with E-state index in [1.54, 1.807) is 11.1 Å². The third kappa shape index (κ3) is 2.05. The Labute approximate surface area is 129 Å². The number of fused-ring (bicyclic) bond motifs is 1. The van der Waals surface area contributed by atoms with Crippen LogP contribution in [0.2, 0.25) is 0 Å². The molecule has 0 N–H and O–H groups in total. The summed E-state index contributed by atoms with van der Waals surface area (Å²) in [5.74, 6) is 0. The summed E-state index contributed by atoms with van der Waals surface area (Å²) in [7, 11) is 0. The standard InChI is InChI=1S/C18H14SSe/c1-3-7-13(8-4-1)17-15-11-20-12-16(15)18(19-17)14-9-5-2-6-10-14/h1-10H,11-12H2. The first kappa shape index (κ1) is 12.4. The van der Waals surface area contributed by atoms with Crippen molar-refractivity contribution in [2.75, 3.05) is 0 Å². The van der Waals surface area contributed by atoms with Crippen LogP contribution in [0, 0.1) is 0 Å². The zero-order valence-corrected chi connectivity index (χ0v) is 13.5. The van der Waals surface area contributed by atoms with E-state index in [1.807, 2.05) is 11.3 Å². The Morgan fingerprint density at radius 1 is 0.650 bits per heavy atom. The molecule has 2 aromatic carbocycles. The maximum atomic E-state index is 2.24. The molecule has 1 aromatic heterocycles. The predicted molar refractivity (Wildman–Crippen MR) is 88.4 cm³/mol. The Morgan fingerprint density at radius 3 is 1.55 bits per heavy atom. The molecule has 2 heterocycles. The van der Waals surface area contributed by atoms with Crippen molar-refractivity contribution >= 4 is 26.3 Å². The molecule has 1 aliphatic heterocycles. The van der Waals surface area contributed by atoms with Crippen LogP contribution in [0.3, 0.4) is 0 Å². The van der Waals surface area contributed by atoms with Gasteiger partial charge in [-0.25, -0.2) is 0 Å². The fourth-order valence-corrected chi connectivity index (χ4v) is 6.87. The summed E-state index contributed by atoms with van der Waals surface area (Å²) >= 11 is 2.73. The Hall–Kier alpha value is -1.34. The van der Waals surface area contributed by atoms with E-state index in [0.717, 1.165) is 15.0 Å². The topological polar surface area (TPSA) is 0 Å². The number of thiophene rings is 1. The molecule has 0 amide bonds. The predicted octanol–water partition coefficient (Wildman–Crippen LogP) is 4.80. The van der Waals surface area contributed by atoms with Crippen LogP contribution in [-0.4, -0.2) is 15.0 Å². The van der Waals surface area contributed by atoms with Gasteiger partial charge in [-0.3, -0.25) is 0 Å². The van der Waals surface area contributed by atoms with Crippen molar-refractivity contribution in [1.29, 1.82) is 0 Å². The zero-order valence-electron chi connectivity index (χ0n) is 11.0. The first-order chi connectivity index (χ1) is 9.93. The molecule has 0 saturated heterocycles. The zero-order chi connectivity index (χ0) is 13.4. The molecule has 4 rings (SSSR count). The SMILES string of the molecule is c1ccc(-c2sc(-c3ccccc3)c3c2C[Se]C3)cc1. The molecule has 0 fully saturated rings. The summed E-state index contributed by atoms with van der Waals surface area (Å²) < 4.78 is 0. The molecule has 1 aliphatic rings. The first-order valence-electron chi connectivity index (χ1n) is 6.76. The average molecular weight is 341 g/mol. The summed E-state index contributed by atoms with van der Waals surface area (Å²) in [6.45, 7) is 0. The van der Waals surface area contributed by atoms with E-state index in [-0.39, 0.29) is 0 Å². The van der Waals surface area contributed by atoms with Crippen molar-refractivity contribution < 1.29 is 0 Å². The van der Waals surface area contributed by atoms with Crippen molar-refractivity contribution in [2.45, 2.75) is 10.6 Å². The van der Waals surface area contributed by atoms with E-state index < -0.39 is 0 Å². The minimum atomic E-state index is 0.756. The van der Waals surface area contributed by atoms with Crippen LogP contribution in [0.5, 0.6) is 0 Å². The summed E-state index contributed by atoms with van der Waals surface area (Å²) in [5, 5.41) is 2.60. The van der Waals surface area contributed by atoms with Crippen molar-refractivity contribution in [2.24, 2.45) is 0 Å². The molecule has 20 heavy (non-hydrogen) atoms. The van der Waals surface area contributed by atoms with Gasteiger partial charge in [-0.05, 0) is 0 Å². The van der Waals surface area contributed by atoms with Crippen LogP contribution in [0.15, 0.2) is 60.7 Å². The van der Waals surface area contributed by atoms with Gasteiger partial charge in [0.05, 0.1) is 0 Å². The molecule has 0 radical (unpaired) electrons. The van der Waals surface area contributed by atoms with E-state index >= 15 is 0 Å². The van der Waals surface area contributed by atoms with Gasteiger partial charge in [0, 0.05) is 0 Å². The quantitative estimate of drug-likeness (QED) is 0.588. The van der Waals surface area contributed by atoms with E-state index in [0.29, 0.717) is 0 Å². The number of benzene rings is 2. The Kier molecular flexibility index (Phi) is 3.23. The summed E-state index contributed by atoms with van der Waals surface area (Å²) in [5.41, 5.74) is 6.02. The van der Waals surface area contributed by atoms with Gasteiger partial charge in [-0.2, -0.15) is 0 Å². The molecular formula is C18H14SSe. The Morgan fingerprint density at radius 2 is 1.10 bits per heavy atom. The van der Waals surface area contributed by atoms with Gasteiger partial charge < -0.3 is 0 Å². The molecular weight excluding hydrogens is 327 g/mol. The van der Waals surface area contributed by atoms with Crippen LogP contribution in [0.4, 0.5) is 0 Å². The van der Waals surface area contributed by atoms with E-state index in [2.05, 4.69) is 60.7 Å². The van der Waals surface area contributed by atoms with Gasteiger partial charge in [0.2, 0.25) is 0 Å². The van der Waals surface area contributed by atoms with Crippen molar-refractivity contribution in [3.05, 3.63) is 71.8 Å². The fraction of sp³-hybridized carbons (Fsp3) is 0.111. The normalized spacial score (nSPS) is 13.4. The Balaban J connectivity index is 1.91. The van der Waals surface area contributed by atoms with Gasteiger partial charge in [0.25, 0.3) is 0 Å². The molecule has 98 valence electrons. The van der Waals surface area contributed by atoms with E-state index in [1.165, 1.54) is 31.5 Å². The molecule has 0 atom stereocenters. The molecule has 0 nitrogen and oxygen atoms in total. The number of hydrogen-bond acceptors (Lipinski definition) is 1. The van der Waals surface area contributed by atoms with Crippen molar-refractivity contribution in [1.82, 2.24) is 0 Å². The minimum absolute atomic E-state index is 0.756. The van der Waals surface area contributed by atoms with Crippen LogP contribution >= 0.6 is 11.3 Å². The summed E-state index contributed by atoms with van der Waals surface area (Å²) in [4.78, 5) is 3.00. The molecule has 0 bridgehead atoms. The van der Waals surface area contributed by atoms with Crippen LogP contribution in [0.25, 0.3) is 20.9 Å².